The molecule has 2 aliphatic rings. The highest BCUT2D eigenvalue weighted by atomic mass is 16.2. The highest BCUT2D eigenvalue weighted by molar-refractivity contribution is 5.80. The number of aromatic nitrogens is 1. The Bertz CT molecular complexity index is 563. The van der Waals surface area contributed by atoms with Gasteiger partial charge in [-0.3, -0.25) is 9.59 Å². The van der Waals surface area contributed by atoms with Crippen molar-refractivity contribution in [3.8, 4) is 0 Å². The van der Waals surface area contributed by atoms with Crippen LogP contribution in [0.25, 0.3) is 0 Å². The van der Waals surface area contributed by atoms with Gasteiger partial charge >= 0.3 is 0 Å². The number of piperazine rings is 1. The van der Waals surface area contributed by atoms with Gasteiger partial charge in [-0.25, -0.2) is 4.98 Å². The normalized spacial score (nSPS) is 18.2. The lowest BCUT2D eigenvalue weighted by Gasteiger charge is -2.35. The van der Waals surface area contributed by atoms with Gasteiger partial charge < -0.3 is 15.1 Å². The van der Waals surface area contributed by atoms with E-state index in [1.54, 1.807) is 13.1 Å². The summed E-state index contributed by atoms with van der Waals surface area (Å²) in [4.78, 5) is 31.5. The molecule has 118 valence electrons. The Morgan fingerprint density at radius 1 is 1.27 bits per heavy atom. The highest BCUT2D eigenvalue weighted by Gasteiger charge is 2.29. The van der Waals surface area contributed by atoms with Crippen molar-refractivity contribution in [3.63, 3.8) is 0 Å². The largest absolute Gasteiger partial charge is 0.353 e. The molecule has 1 aromatic heterocycles. The molecule has 3 rings (SSSR count). The minimum Gasteiger partial charge on any atom is -0.353 e. The van der Waals surface area contributed by atoms with Crippen LogP contribution in [0.1, 0.15) is 25.3 Å². The van der Waals surface area contributed by atoms with Crippen LogP contribution in [0.5, 0.6) is 0 Å². The molecule has 2 amide bonds. The number of rotatable bonds is 4. The fourth-order valence-corrected chi connectivity index (χ4v) is 2.67. The van der Waals surface area contributed by atoms with Gasteiger partial charge in [-0.1, -0.05) is 0 Å². The zero-order valence-corrected chi connectivity index (χ0v) is 12.9. The third kappa shape index (κ3) is 3.55. The Morgan fingerprint density at radius 2 is 2.00 bits per heavy atom. The van der Waals surface area contributed by atoms with Gasteiger partial charge in [0, 0.05) is 51.8 Å². The van der Waals surface area contributed by atoms with E-state index in [9.17, 15) is 9.59 Å². The first kappa shape index (κ1) is 14.8. The van der Waals surface area contributed by atoms with Crippen molar-refractivity contribution in [2.45, 2.75) is 26.3 Å². The number of anilines is 1. The first-order valence-corrected chi connectivity index (χ1v) is 7.86. The summed E-state index contributed by atoms with van der Waals surface area (Å²) in [5.41, 5.74) is 1.06. The molecule has 1 N–H and O–H groups in total. The molecule has 1 aromatic rings. The van der Waals surface area contributed by atoms with Gasteiger partial charge in [0.15, 0.2) is 0 Å². The Hall–Kier alpha value is -2.11. The molecule has 22 heavy (non-hydrogen) atoms. The van der Waals surface area contributed by atoms with Gasteiger partial charge in [-0.05, 0) is 30.5 Å². The van der Waals surface area contributed by atoms with E-state index >= 15 is 0 Å². The van der Waals surface area contributed by atoms with E-state index in [2.05, 4.69) is 15.2 Å². The van der Waals surface area contributed by atoms with Crippen LogP contribution in [-0.2, 0) is 16.1 Å². The first-order valence-electron chi connectivity index (χ1n) is 7.86. The number of nitrogens with one attached hydrogen (secondary N) is 1. The molecule has 6 nitrogen and oxygen atoms in total. The first-order chi connectivity index (χ1) is 10.6. The molecule has 2 fully saturated rings. The topological polar surface area (TPSA) is 65.5 Å². The molecule has 2 heterocycles. The van der Waals surface area contributed by atoms with Gasteiger partial charge in [0.2, 0.25) is 11.8 Å². The second-order valence-electron chi connectivity index (χ2n) is 6.01. The average molecular weight is 302 g/mol. The van der Waals surface area contributed by atoms with E-state index in [4.69, 9.17) is 0 Å². The van der Waals surface area contributed by atoms with Gasteiger partial charge in [0.1, 0.15) is 5.82 Å². The predicted octanol–water partition coefficient (Wildman–Crippen LogP) is 0.776. The van der Waals surface area contributed by atoms with E-state index in [0.717, 1.165) is 50.4 Å². The maximum atomic E-state index is 11.7. The quantitative estimate of drug-likeness (QED) is 0.892. The predicted molar refractivity (Wildman–Crippen MR) is 83.3 cm³/mol. The number of amides is 2. The van der Waals surface area contributed by atoms with Crippen LogP contribution in [0.15, 0.2) is 18.3 Å². The Labute approximate surface area is 130 Å². The summed E-state index contributed by atoms with van der Waals surface area (Å²) in [6.07, 6.45) is 3.83. The lowest BCUT2D eigenvalue weighted by Crippen LogP contribution is -2.48. The van der Waals surface area contributed by atoms with Crippen LogP contribution in [-0.4, -0.2) is 47.9 Å². The smallest absolute Gasteiger partial charge is 0.223 e. The van der Waals surface area contributed by atoms with Gasteiger partial charge in [-0.15, -0.1) is 0 Å². The lowest BCUT2D eigenvalue weighted by atomic mass is 10.2. The molecule has 1 saturated heterocycles. The molecule has 0 spiro atoms. The molecule has 1 aliphatic heterocycles. The van der Waals surface area contributed by atoms with Crippen molar-refractivity contribution in [2.24, 2.45) is 5.92 Å². The molecule has 0 bridgehead atoms. The number of hydrogen-bond donors (Lipinski definition) is 1. The second-order valence-corrected chi connectivity index (χ2v) is 6.01. The lowest BCUT2D eigenvalue weighted by molar-refractivity contribution is -0.129. The summed E-state index contributed by atoms with van der Waals surface area (Å²) >= 11 is 0. The number of hydrogen-bond acceptors (Lipinski definition) is 4. The standard InChI is InChI=1S/C16H22N4O2/c1-12(21)19-6-8-20(9-7-19)15-10-13(4-5-17-15)11-18-16(22)14-2-3-14/h4-5,10,14H,2-3,6-9,11H2,1H3,(H,18,22). The van der Waals surface area contributed by atoms with Crippen LogP contribution in [0.4, 0.5) is 5.82 Å². The molecular weight excluding hydrogens is 280 g/mol. The van der Waals surface area contributed by atoms with Crippen molar-refractivity contribution >= 4 is 17.6 Å². The van der Waals surface area contributed by atoms with Crippen LogP contribution >= 0.6 is 0 Å². The SMILES string of the molecule is CC(=O)N1CCN(c2cc(CNC(=O)C3CC3)ccn2)CC1. The fraction of sp³-hybridized carbons (Fsp3) is 0.562. The van der Waals surface area contributed by atoms with Crippen LogP contribution in [0.3, 0.4) is 0 Å². The average Bonchev–Trinajstić information content (AvgIpc) is 3.38. The van der Waals surface area contributed by atoms with Gasteiger partial charge in [0.25, 0.3) is 0 Å². The van der Waals surface area contributed by atoms with Gasteiger partial charge in [-0.2, -0.15) is 0 Å². The van der Waals surface area contributed by atoms with Crippen LogP contribution in [0, 0.1) is 5.92 Å². The molecule has 1 aliphatic carbocycles. The molecular formula is C16H22N4O2. The highest BCUT2D eigenvalue weighted by Crippen LogP contribution is 2.28. The van der Waals surface area contributed by atoms with E-state index < -0.39 is 0 Å². The monoisotopic (exact) mass is 302 g/mol. The molecule has 0 aromatic carbocycles. The van der Waals surface area contributed by atoms with Crippen molar-refractivity contribution in [2.75, 3.05) is 31.1 Å². The summed E-state index contributed by atoms with van der Waals surface area (Å²) < 4.78 is 0. The van der Waals surface area contributed by atoms with E-state index in [-0.39, 0.29) is 17.7 Å². The third-order valence-electron chi connectivity index (χ3n) is 4.27. The third-order valence-corrected chi connectivity index (χ3v) is 4.27. The summed E-state index contributed by atoms with van der Waals surface area (Å²) in [5, 5.41) is 2.97. The number of carbonyl (C=O) groups is 2. The maximum absolute atomic E-state index is 11.7. The molecule has 6 heteroatoms. The summed E-state index contributed by atoms with van der Waals surface area (Å²) in [6.45, 7) is 5.23. The van der Waals surface area contributed by atoms with Gasteiger partial charge in [0.05, 0.1) is 0 Å². The zero-order valence-electron chi connectivity index (χ0n) is 12.9. The second kappa shape index (κ2) is 6.34. The van der Waals surface area contributed by atoms with Crippen LogP contribution in [0.2, 0.25) is 0 Å². The van der Waals surface area contributed by atoms with E-state index in [1.165, 1.54) is 0 Å². The summed E-state index contributed by atoms with van der Waals surface area (Å²) in [5.74, 6) is 1.44. The van der Waals surface area contributed by atoms with Crippen molar-refractivity contribution in [1.29, 1.82) is 0 Å². The summed E-state index contributed by atoms with van der Waals surface area (Å²) in [6, 6.07) is 3.96. The van der Waals surface area contributed by atoms with Crippen molar-refractivity contribution in [3.05, 3.63) is 23.9 Å². The fourth-order valence-electron chi connectivity index (χ4n) is 2.67. The van der Waals surface area contributed by atoms with Crippen LogP contribution < -0.4 is 10.2 Å². The Balaban J connectivity index is 1.56. The van der Waals surface area contributed by atoms with E-state index in [0.29, 0.717) is 6.54 Å². The number of nitrogens with zero attached hydrogens (tertiary/aromatic N) is 3. The minimum atomic E-state index is 0.129. The van der Waals surface area contributed by atoms with Crippen molar-refractivity contribution in [1.82, 2.24) is 15.2 Å². The number of pyridine rings is 1. The maximum Gasteiger partial charge on any atom is 0.223 e. The summed E-state index contributed by atoms with van der Waals surface area (Å²) in [7, 11) is 0. The Morgan fingerprint density at radius 3 is 2.64 bits per heavy atom. The molecule has 1 saturated carbocycles. The molecule has 0 atom stereocenters. The molecule has 0 unspecified atom stereocenters. The minimum absolute atomic E-state index is 0.129. The number of carbonyl (C=O) groups excluding carboxylic acids is 2. The zero-order chi connectivity index (χ0) is 15.5. The Kier molecular flexibility index (Phi) is 4.27. The van der Waals surface area contributed by atoms with E-state index in [1.807, 2.05) is 17.0 Å². The van der Waals surface area contributed by atoms with Crippen molar-refractivity contribution < 1.29 is 9.59 Å². The molecule has 0 radical (unpaired) electrons.